The number of anilines is 1. The zero-order valence-electron chi connectivity index (χ0n) is 23.3. The molecule has 39 heavy (non-hydrogen) atoms. The number of aromatic nitrogens is 3. The summed E-state index contributed by atoms with van der Waals surface area (Å²) in [5.41, 5.74) is 4.20. The van der Waals surface area contributed by atoms with E-state index < -0.39 is 0 Å². The molecule has 4 aliphatic rings. The Bertz CT molecular complexity index is 1340. The first-order valence-corrected chi connectivity index (χ1v) is 14.9. The third-order valence-electron chi connectivity index (χ3n) is 9.46. The van der Waals surface area contributed by atoms with Gasteiger partial charge in [0.25, 0.3) is 0 Å². The quantitative estimate of drug-likeness (QED) is 0.455. The Morgan fingerprint density at radius 3 is 2.56 bits per heavy atom. The zero-order valence-corrected chi connectivity index (χ0v) is 23.3. The van der Waals surface area contributed by atoms with Gasteiger partial charge >= 0.3 is 6.01 Å². The molecule has 206 valence electrons. The van der Waals surface area contributed by atoms with Crippen LogP contribution in [-0.2, 0) is 6.42 Å². The van der Waals surface area contributed by atoms with Gasteiger partial charge in [-0.15, -0.1) is 0 Å². The van der Waals surface area contributed by atoms with Crippen molar-refractivity contribution in [3.8, 4) is 23.0 Å². The molecule has 0 radical (unpaired) electrons. The van der Waals surface area contributed by atoms with Crippen molar-refractivity contribution in [3.05, 3.63) is 36.0 Å². The molecule has 4 fully saturated rings. The molecule has 6 heterocycles. The summed E-state index contributed by atoms with van der Waals surface area (Å²) in [7, 11) is 1.72. The molecule has 3 aromatic rings. The molecule has 4 saturated heterocycles. The fourth-order valence-electron chi connectivity index (χ4n) is 7.60. The number of aryl methyl sites for hydroxylation is 1. The van der Waals surface area contributed by atoms with Crippen LogP contribution in [0, 0.1) is 0 Å². The Morgan fingerprint density at radius 2 is 1.82 bits per heavy atom. The highest BCUT2D eigenvalue weighted by atomic mass is 16.5. The Balaban J connectivity index is 1.35. The van der Waals surface area contributed by atoms with Gasteiger partial charge in [0, 0.05) is 42.5 Å². The second-order valence-electron chi connectivity index (χ2n) is 11.9. The molecule has 0 aliphatic carbocycles. The van der Waals surface area contributed by atoms with E-state index in [4.69, 9.17) is 24.4 Å². The van der Waals surface area contributed by atoms with Crippen molar-refractivity contribution >= 4 is 16.7 Å². The van der Waals surface area contributed by atoms with Crippen LogP contribution in [0.5, 0.6) is 11.8 Å². The number of nitrogens with zero attached hydrogens (tertiary/aromatic N) is 5. The summed E-state index contributed by atoms with van der Waals surface area (Å²) in [6.45, 7) is 7.16. The summed E-state index contributed by atoms with van der Waals surface area (Å²) in [5.74, 6) is 1.80. The molecule has 0 amide bonds. The van der Waals surface area contributed by atoms with Gasteiger partial charge < -0.3 is 19.7 Å². The SMILES string of the molecule is CCCc1c(-c2ccccc2OC)ncc2c(N3CC4CCC(C3)N4)nc(OCC34CCCN3CCC4)nc12. The van der Waals surface area contributed by atoms with E-state index in [9.17, 15) is 0 Å². The Labute approximate surface area is 231 Å². The number of methoxy groups -OCH3 is 1. The molecular weight excluding hydrogens is 488 g/mol. The van der Waals surface area contributed by atoms with Crippen molar-refractivity contribution < 1.29 is 9.47 Å². The van der Waals surface area contributed by atoms with Crippen LogP contribution in [0.25, 0.3) is 22.2 Å². The molecule has 2 bridgehead atoms. The average molecular weight is 529 g/mol. The van der Waals surface area contributed by atoms with Gasteiger partial charge in [0.1, 0.15) is 18.2 Å². The molecule has 7 rings (SSSR count). The van der Waals surface area contributed by atoms with Crippen LogP contribution in [0.15, 0.2) is 30.5 Å². The van der Waals surface area contributed by atoms with E-state index in [1.807, 2.05) is 24.4 Å². The Morgan fingerprint density at radius 1 is 1.05 bits per heavy atom. The maximum absolute atomic E-state index is 6.58. The second-order valence-corrected chi connectivity index (χ2v) is 11.9. The molecule has 2 aromatic heterocycles. The van der Waals surface area contributed by atoms with Crippen LogP contribution in [0.1, 0.15) is 57.4 Å². The first kappa shape index (κ1) is 25.0. The van der Waals surface area contributed by atoms with Gasteiger partial charge in [-0.25, -0.2) is 0 Å². The average Bonchev–Trinajstić information content (AvgIpc) is 3.65. The molecule has 2 unspecified atom stereocenters. The summed E-state index contributed by atoms with van der Waals surface area (Å²) in [6, 6.07) is 9.67. The normalized spacial score (nSPS) is 23.9. The molecule has 1 N–H and O–H groups in total. The Hall–Kier alpha value is -2.97. The highest BCUT2D eigenvalue weighted by molar-refractivity contribution is 5.95. The topological polar surface area (TPSA) is 75.6 Å². The van der Waals surface area contributed by atoms with E-state index in [1.54, 1.807) is 7.11 Å². The maximum Gasteiger partial charge on any atom is 0.319 e. The fraction of sp³-hybridized carbons (Fsp3) is 0.581. The van der Waals surface area contributed by atoms with Crippen LogP contribution in [0.4, 0.5) is 5.82 Å². The minimum atomic E-state index is 0.152. The number of hydrogen-bond donors (Lipinski definition) is 1. The highest BCUT2D eigenvalue weighted by Crippen LogP contribution is 2.41. The van der Waals surface area contributed by atoms with Crippen molar-refractivity contribution in [1.29, 1.82) is 0 Å². The summed E-state index contributed by atoms with van der Waals surface area (Å²) in [4.78, 5) is 20.4. The number of benzene rings is 1. The van der Waals surface area contributed by atoms with Gasteiger partial charge in [-0.05, 0) is 70.2 Å². The Kier molecular flexibility index (Phi) is 6.55. The predicted molar refractivity (Wildman–Crippen MR) is 154 cm³/mol. The van der Waals surface area contributed by atoms with Crippen LogP contribution < -0.4 is 19.7 Å². The molecule has 1 aromatic carbocycles. The number of rotatable bonds is 8. The molecule has 8 heteroatoms. The third kappa shape index (κ3) is 4.42. The number of nitrogens with one attached hydrogen (secondary N) is 1. The first-order chi connectivity index (χ1) is 19.2. The largest absolute Gasteiger partial charge is 0.496 e. The fourth-order valence-corrected chi connectivity index (χ4v) is 7.60. The number of para-hydroxylation sites is 1. The van der Waals surface area contributed by atoms with Gasteiger partial charge in [-0.1, -0.05) is 25.5 Å². The van der Waals surface area contributed by atoms with Gasteiger partial charge in [-0.3, -0.25) is 9.88 Å². The number of piperazine rings is 1. The number of ether oxygens (including phenoxy) is 2. The molecule has 0 saturated carbocycles. The third-order valence-corrected chi connectivity index (χ3v) is 9.46. The van der Waals surface area contributed by atoms with E-state index in [0.717, 1.165) is 65.2 Å². The van der Waals surface area contributed by atoms with E-state index >= 15 is 0 Å². The lowest BCUT2D eigenvalue weighted by atomic mass is 9.95. The zero-order chi connectivity index (χ0) is 26.4. The standard InChI is InChI=1S/C31H40N6O2/c1-3-8-24-27(23-9-4-5-10-26(23)38-2)32-17-25-28(24)34-30(39-20-31-13-6-15-37(31)16-7-14-31)35-29(25)36-18-21-11-12-22(19-36)33-21/h4-5,9-10,17,21-22,33H,3,6-8,11-16,18-20H2,1-2H3. The van der Waals surface area contributed by atoms with Gasteiger partial charge in [0.15, 0.2) is 0 Å². The lowest BCUT2D eigenvalue weighted by Crippen LogP contribution is -2.51. The van der Waals surface area contributed by atoms with E-state index in [2.05, 4.69) is 28.1 Å². The summed E-state index contributed by atoms with van der Waals surface area (Å²) >= 11 is 0. The maximum atomic E-state index is 6.58. The molecule has 8 nitrogen and oxygen atoms in total. The summed E-state index contributed by atoms with van der Waals surface area (Å²) < 4.78 is 12.3. The van der Waals surface area contributed by atoms with Gasteiger partial charge in [0.2, 0.25) is 0 Å². The first-order valence-electron chi connectivity index (χ1n) is 14.9. The molecule has 0 spiro atoms. The number of pyridine rings is 1. The van der Waals surface area contributed by atoms with Crippen molar-refractivity contribution in [3.63, 3.8) is 0 Å². The van der Waals surface area contributed by atoms with Gasteiger partial charge in [0.05, 0.1) is 29.2 Å². The van der Waals surface area contributed by atoms with E-state index in [0.29, 0.717) is 24.7 Å². The minimum absolute atomic E-state index is 0.152. The summed E-state index contributed by atoms with van der Waals surface area (Å²) in [6.07, 6.45) is 11.2. The van der Waals surface area contributed by atoms with Crippen LogP contribution >= 0.6 is 0 Å². The smallest absolute Gasteiger partial charge is 0.319 e. The molecular formula is C31H40N6O2. The second kappa shape index (κ2) is 10.2. The van der Waals surface area contributed by atoms with Crippen molar-refractivity contribution in [2.75, 3.05) is 44.8 Å². The lowest BCUT2D eigenvalue weighted by molar-refractivity contribution is 0.108. The summed E-state index contributed by atoms with van der Waals surface area (Å²) in [5, 5.41) is 4.78. The number of hydrogen-bond acceptors (Lipinski definition) is 8. The van der Waals surface area contributed by atoms with Gasteiger partial charge in [-0.2, -0.15) is 9.97 Å². The predicted octanol–water partition coefficient (Wildman–Crippen LogP) is 4.60. The van der Waals surface area contributed by atoms with Crippen molar-refractivity contribution in [1.82, 2.24) is 25.2 Å². The van der Waals surface area contributed by atoms with Crippen LogP contribution in [0.2, 0.25) is 0 Å². The highest BCUT2D eigenvalue weighted by Gasteiger charge is 2.45. The molecule has 2 atom stereocenters. The van der Waals surface area contributed by atoms with Crippen LogP contribution in [-0.4, -0.2) is 77.4 Å². The number of fused-ring (bicyclic) bond motifs is 4. The van der Waals surface area contributed by atoms with Crippen molar-refractivity contribution in [2.45, 2.75) is 75.9 Å². The van der Waals surface area contributed by atoms with E-state index in [-0.39, 0.29) is 5.54 Å². The molecule has 4 aliphatic heterocycles. The monoisotopic (exact) mass is 528 g/mol. The van der Waals surface area contributed by atoms with E-state index in [1.165, 1.54) is 51.6 Å². The van der Waals surface area contributed by atoms with Crippen LogP contribution in [0.3, 0.4) is 0 Å². The van der Waals surface area contributed by atoms with Crippen molar-refractivity contribution in [2.24, 2.45) is 0 Å². The lowest BCUT2D eigenvalue weighted by Gasteiger charge is -2.35. The minimum Gasteiger partial charge on any atom is -0.496 e.